The summed E-state index contributed by atoms with van der Waals surface area (Å²) in [5.74, 6) is 0. The van der Waals surface area contributed by atoms with Crippen LogP contribution in [0.15, 0.2) is 0 Å². The van der Waals surface area contributed by atoms with Gasteiger partial charge in [-0.1, -0.05) is 0 Å². The number of hydrogen-bond acceptors (Lipinski definition) is 0. The topological polar surface area (TPSA) is 0 Å². The fourth-order valence-electron chi connectivity index (χ4n) is 0. The molecule has 0 nitrogen and oxygen atoms in total. The van der Waals surface area contributed by atoms with Crippen molar-refractivity contribution >= 4 is 34.7 Å². The molecular weight excluding hydrogens is 419 g/mol. The minimum absolute atomic E-state index is 0. The Hall–Kier alpha value is 2.49. The molecule has 23 valence electrons. The van der Waals surface area contributed by atoms with Crippen LogP contribution in [0.4, 0.5) is 0 Å². The largest absolute Gasteiger partial charge is 0.187 e. The molecule has 0 saturated heterocycles. The molecule has 0 aliphatic carbocycles. The van der Waals surface area contributed by atoms with Crippen LogP contribution in [-0.4, -0.2) is 34.7 Å². The third-order valence-electron chi connectivity index (χ3n) is 0. The quantitative estimate of drug-likeness (QED) is 0.381. The molecule has 4 heavy (non-hydrogen) atoms. The first-order valence-corrected chi connectivity index (χ1v) is 0. The summed E-state index contributed by atoms with van der Waals surface area (Å²) in [5.41, 5.74) is 0. The summed E-state index contributed by atoms with van der Waals surface area (Å²) in [4.78, 5) is 0. The Morgan fingerprint density at radius 2 is 0.750 bits per heavy atom. The molecule has 0 rings (SSSR count). The van der Waals surface area contributed by atoms with Crippen molar-refractivity contribution in [1.82, 2.24) is 0 Å². The molecule has 4 heteroatoms. The van der Waals surface area contributed by atoms with Crippen LogP contribution in [0.3, 0.4) is 0 Å². The van der Waals surface area contributed by atoms with Crippen LogP contribution in [0.5, 0.6) is 0 Å². The number of rotatable bonds is 0. The van der Waals surface area contributed by atoms with Gasteiger partial charge in [-0.3, -0.25) is 0 Å². The number of hydrogen-bond donors (Lipinski definition) is 0. The van der Waals surface area contributed by atoms with Crippen LogP contribution in [0.25, 0.3) is 0 Å². The van der Waals surface area contributed by atoms with Crippen molar-refractivity contribution in [3.63, 3.8) is 0 Å². The summed E-state index contributed by atoms with van der Waals surface area (Å²) in [6.07, 6.45) is 0. The van der Waals surface area contributed by atoms with Crippen molar-refractivity contribution in [1.29, 1.82) is 0 Å². The summed E-state index contributed by atoms with van der Waals surface area (Å²) >= 11 is 0. The Balaban J connectivity index is 0. The van der Waals surface area contributed by atoms with E-state index in [1.54, 1.807) is 0 Å². The van der Waals surface area contributed by atoms with Crippen LogP contribution < -0.4 is 0 Å². The van der Waals surface area contributed by atoms with Gasteiger partial charge in [-0.15, -0.1) is 0 Å². The molecule has 0 aromatic heterocycles. The average molecular weight is 425 g/mol. The van der Waals surface area contributed by atoms with E-state index in [9.17, 15) is 0 Å². The Bertz CT molecular complexity index is 6.00. The average Bonchev–Trinajstić information content (AvgIpc) is 0. The molecule has 0 amide bonds. The second kappa shape index (κ2) is 17.8. The minimum atomic E-state index is 0. The van der Waals surface area contributed by atoms with Gasteiger partial charge in [0.1, 0.15) is 0 Å². The predicted molar refractivity (Wildman–Crippen MR) is 19.9 cm³/mol. The van der Waals surface area contributed by atoms with E-state index in [2.05, 4.69) is 0 Å². The second-order valence-corrected chi connectivity index (χ2v) is 0. The van der Waals surface area contributed by atoms with Crippen molar-refractivity contribution < 1.29 is 43.4 Å². The SMILES string of the molecule is [AlH3].[AlH3].[Ta].[W]. The van der Waals surface area contributed by atoms with E-state index < -0.39 is 0 Å². The fourth-order valence-corrected chi connectivity index (χ4v) is 0. The van der Waals surface area contributed by atoms with Crippen molar-refractivity contribution in [2.75, 3.05) is 0 Å². The molecule has 0 aliphatic rings. The van der Waals surface area contributed by atoms with Gasteiger partial charge in [0, 0.05) is 43.4 Å². The van der Waals surface area contributed by atoms with E-state index in [0.29, 0.717) is 0 Å². The zero-order chi connectivity index (χ0) is 0. The van der Waals surface area contributed by atoms with Gasteiger partial charge < -0.3 is 0 Å². The molecule has 0 aromatic rings. The van der Waals surface area contributed by atoms with E-state index >= 15 is 0 Å². The zero-order valence-corrected chi connectivity index (χ0v) is 7.00. The molecular formula is H6Al2TaW. The van der Waals surface area contributed by atoms with Gasteiger partial charge >= 0.3 is 0 Å². The molecule has 0 unspecified atom stereocenters. The monoisotopic (exact) mass is 425 g/mol. The van der Waals surface area contributed by atoms with Gasteiger partial charge in [0.25, 0.3) is 0 Å². The smallest absolute Gasteiger partial charge is 0 e. The van der Waals surface area contributed by atoms with E-state index in [1.165, 1.54) is 0 Å². The molecule has 0 aromatic carbocycles. The van der Waals surface area contributed by atoms with Gasteiger partial charge in [0.2, 0.25) is 0 Å². The molecule has 0 spiro atoms. The van der Waals surface area contributed by atoms with E-state index in [4.69, 9.17) is 0 Å². The van der Waals surface area contributed by atoms with Crippen LogP contribution >= 0.6 is 0 Å². The summed E-state index contributed by atoms with van der Waals surface area (Å²) in [6, 6.07) is 0. The van der Waals surface area contributed by atoms with Gasteiger partial charge in [0.05, 0.1) is 0 Å². The third kappa shape index (κ3) is 8.82. The van der Waals surface area contributed by atoms with Gasteiger partial charge in [-0.2, -0.15) is 0 Å². The Morgan fingerprint density at radius 3 is 0.750 bits per heavy atom. The van der Waals surface area contributed by atoms with Crippen molar-refractivity contribution in [2.45, 2.75) is 0 Å². The Morgan fingerprint density at radius 1 is 0.750 bits per heavy atom. The standard InChI is InChI=1S/2Al.Ta.W.6H. The maximum absolute atomic E-state index is 0. The van der Waals surface area contributed by atoms with Crippen LogP contribution in [0.2, 0.25) is 0 Å². The fraction of sp³-hybridized carbons (Fsp3) is 0. The molecule has 0 aliphatic heterocycles. The minimum Gasteiger partial charge on any atom is 0 e. The summed E-state index contributed by atoms with van der Waals surface area (Å²) in [5, 5.41) is 0. The first kappa shape index (κ1) is 31.5. The first-order chi connectivity index (χ1) is 0. The van der Waals surface area contributed by atoms with Crippen LogP contribution in [-0.2, 0) is 43.4 Å². The molecule has 0 N–H and O–H groups in total. The third-order valence-corrected chi connectivity index (χ3v) is 0. The zero-order valence-electron chi connectivity index (χ0n) is 0.855. The van der Waals surface area contributed by atoms with Crippen molar-refractivity contribution in [3.8, 4) is 0 Å². The maximum atomic E-state index is 0. The van der Waals surface area contributed by atoms with Gasteiger partial charge in [-0.25, -0.2) is 0 Å². The van der Waals surface area contributed by atoms with Crippen LogP contribution in [0.1, 0.15) is 0 Å². The molecule has 1 radical (unpaired) electrons. The van der Waals surface area contributed by atoms with E-state index in [1.807, 2.05) is 0 Å². The summed E-state index contributed by atoms with van der Waals surface area (Å²) < 4.78 is 0. The summed E-state index contributed by atoms with van der Waals surface area (Å²) in [6.45, 7) is 0. The Kier molecular flexibility index (Phi) is 141. The van der Waals surface area contributed by atoms with Crippen LogP contribution in [0, 0.1) is 0 Å². The Labute approximate surface area is 77.1 Å². The van der Waals surface area contributed by atoms with Gasteiger partial charge in [-0.05, 0) is 0 Å². The predicted octanol–water partition coefficient (Wildman–Crippen LogP) is -2.37. The summed E-state index contributed by atoms with van der Waals surface area (Å²) in [7, 11) is 0. The van der Waals surface area contributed by atoms with Crippen molar-refractivity contribution in [2.24, 2.45) is 0 Å². The normalized spacial score (nSPS) is 0. The molecule has 0 fully saturated rings. The van der Waals surface area contributed by atoms with Crippen molar-refractivity contribution in [3.05, 3.63) is 0 Å². The molecule has 0 saturated carbocycles. The molecule has 0 atom stereocenters. The molecule has 0 heterocycles. The first-order valence-electron chi connectivity index (χ1n) is 0. The van der Waals surface area contributed by atoms with Gasteiger partial charge in [0.15, 0.2) is 34.7 Å². The second-order valence-electron chi connectivity index (χ2n) is 0. The maximum Gasteiger partial charge on any atom is 0.187 e. The molecule has 0 bridgehead atoms. The van der Waals surface area contributed by atoms with E-state index in [-0.39, 0.29) is 78.2 Å². The van der Waals surface area contributed by atoms with E-state index in [0.717, 1.165) is 0 Å².